The van der Waals surface area contributed by atoms with E-state index < -0.39 is 5.41 Å². The summed E-state index contributed by atoms with van der Waals surface area (Å²) >= 11 is 0. The van der Waals surface area contributed by atoms with E-state index in [1.165, 1.54) is 22.3 Å². The Morgan fingerprint density at radius 3 is 1.78 bits per heavy atom. The van der Waals surface area contributed by atoms with Gasteiger partial charge in [-0.1, -0.05) is 176 Å². The Bertz CT molecular complexity index is 3550. The number of aromatic nitrogens is 3. The summed E-state index contributed by atoms with van der Waals surface area (Å²) in [5, 5.41) is 2.19. The molecule has 0 radical (unpaired) electrons. The van der Waals surface area contributed by atoms with E-state index in [4.69, 9.17) is 24.1 Å². The molecular formula is C58H35N3O2. The summed E-state index contributed by atoms with van der Waals surface area (Å²) in [5.41, 5.74) is 17.0. The van der Waals surface area contributed by atoms with Crippen LogP contribution in [-0.2, 0) is 5.41 Å². The molecule has 5 heteroatoms. The number of furan rings is 1. The van der Waals surface area contributed by atoms with E-state index >= 15 is 0 Å². The molecular weight excluding hydrogens is 771 g/mol. The van der Waals surface area contributed by atoms with Gasteiger partial charge in [0.1, 0.15) is 22.7 Å². The lowest BCUT2D eigenvalue weighted by Gasteiger charge is -2.39. The Hall–Kier alpha value is -8.41. The van der Waals surface area contributed by atoms with Crippen LogP contribution in [0.1, 0.15) is 22.3 Å². The van der Waals surface area contributed by atoms with E-state index in [1.54, 1.807) is 0 Å². The lowest BCUT2D eigenvalue weighted by atomic mass is 9.66. The molecule has 13 rings (SSSR count). The molecule has 0 bridgehead atoms. The minimum atomic E-state index is -0.487. The molecule has 0 atom stereocenters. The van der Waals surface area contributed by atoms with E-state index in [1.807, 2.05) is 66.9 Å². The Morgan fingerprint density at radius 2 is 0.984 bits per heavy atom. The van der Waals surface area contributed by atoms with Crippen molar-refractivity contribution in [1.29, 1.82) is 0 Å². The van der Waals surface area contributed by atoms with Crippen molar-refractivity contribution >= 4 is 21.9 Å². The first kappa shape index (κ1) is 35.4. The summed E-state index contributed by atoms with van der Waals surface area (Å²) in [6, 6.07) is 72.1. The lowest BCUT2D eigenvalue weighted by Crippen LogP contribution is -2.32. The number of rotatable bonds is 5. The third kappa shape index (κ3) is 5.40. The molecule has 3 aromatic heterocycles. The van der Waals surface area contributed by atoms with Gasteiger partial charge in [-0.05, 0) is 63.7 Å². The summed E-state index contributed by atoms with van der Waals surface area (Å²) in [6.07, 6.45) is 1.91. The first-order chi connectivity index (χ1) is 31.2. The number of hydrogen-bond donors (Lipinski definition) is 0. The molecule has 4 heterocycles. The number of fused-ring (bicyclic) bond motifs is 12. The molecule has 0 saturated heterocycles. The third-order valence-electron chi connectivity index (χ3n) is 12.9. The molecule has 0 unspecified atom stereocenters. The Morgan fingerprint density at radius 1 is 0.365 bits per heavy atom. The number of ether oxygens (including phenoxy) is 1. The molecule has 294 valence electrons. The topological polar surface area (TPSA) is 61.0 Å². The van der Waals surface area contributed by atoms with Crippen LogP contribution >= 0.6 is 0 Å². The van der Waals surface area contributed by atoms with Crippen LogP contribution < -0.4 is 4.74 Å². The molecule has 5 nitrogen and oxygen atoms in total. The molecule has 2 aliphatic rings. The molecule has 0 N–H and O–H groups in total. The maximum absolute atomic E-state index is 6.80. The fourth-order valence-corrected chi connectivity index (χ4v) is 10.00. The zero-order chi connectivity index (χ0) is 41.5. The zero-order valence-electron chi connectivity index (χ0n) is 33.9. The Balaban J connectivity index is 0.872. The van der Waals surface area contributed by atoms with Crippen LogP contribution in [0.2, 0.25) is 0 Å². The number of para-hydroxylation sites is 3. The summed E-state index contributed by atoms with van der Waals surface area (Å²) < 4.78 is 13.1. The summed E-state index contributed by atoms with van der Waals surface area (Å²) in [4.78, 5) is 15.1. The van der Waals surface area contributed by atoms with Crippen LogP contribution in [0.3, 0.4) is 0 Å². The summed E-state index contributed by atoms with van der Waals surface area (Å²) in [5.74, 6) is 2.38. The second kappa shape index (κ2) is 13.8. The van der Waals surface area contributed by atoms with E-state index in [0.717, 1.165) is 95.0 Å². The quantitative estimate of drug-likeness (QED) is 0.173. The van der Waals surface area contributed by atoms with Crippen molar-refractivity contribution in [2.75, 3.05) is 0 Å². The molecule has 8 aromatic carbocycles. The molecule has 11 aromatic rings. The van der Waals surface area contributed by atoms with Gasteiger partial charge in [0.05, 0.1) is 22.5 Å². The lowest BCUT2D eigenvalue weighted by molar-refractivity contribution is 0.436. The van der Waals surface area contributed by atoms with Gasteiger partial charge in [-0.2, -0.15) is 0 Å². The van der Waals surface area contributed by atoms with Gasteiger partial charge >= 0.3 is 0 Å². The highest BCUT2D eigenvalue weighted by Crippen LogP contribution is 2.62. The van der Waals surface area contributed by atoms with Crippen molar-refractivity contribution in [1.82, 2.24) is 15.0 Å². The van der Waals surface area contributed by atoms with Gasteiger partial charge in [0.15, 0.2) is 5.82 Å². The van der Waals surface area contributed by atoms with Crippen molar-refractivity contribution in [2.24, 2.45) is 0 Å². The van der Waals surface area contributed by atoms with Gasteiger partial charge in [0, 0.05) is 50.4 Å². The van der Waals surface area contributed by atoms with Crippen molar-refractivity contribution in [2.45, 2.75) is 5.41 Å². The highest BCUT2D eigenvalue weighted by atomic mass is 16.5. The van der Waals surface area contributed by atoms with Crippen molar-refractivity contribution < 1.29 is 9.15 Å². The zero-order valence-corrected chi connectivity index (χ0v) is 33.9. The standard InChI is InChI=1S/C58H35N3O2/c1-2-13-38(14-3-1)57-60-51(34-52(61-57)50-32-30-40(35-59-50)41-18-12-19-45-44-17-6-10-23-53(44)63-56(41)45)37-27-25-36(26-28-37)39-29-31-49-55(33-39)62-54-24-11-9-22-48(54)58(49)46-20-7-4-15-42(46)43-16-5-8-21-47(43)58/h1-35H. The van der Waals surface area contributed by atoms with Gasteiger partial charge < -0.3 is 9.15 Å². The fourth-order valence-electron chi connectivity index (χ4n) is 10.00. The Labute approximate surface area is 363 Å². The molecule has 0 amide bonds. The predicted molar refractivity (Wildman–Crippen MR) is 252 cm³/mol. The van der Waals surface area contributed by atoms with Gasteiger partial charge in [-0.25, -0.2) is 9.97 Å². The van der Waals surface area contributed by atoms with E-state index in [0.29, 0.717) is 5.82 Å². The normalized spacial score (nSPS) is 13.0. The van der Waals surface area contributed by atoms with Crippen molar-refractivity contribution in [3.63, 3.8) is 0 Å². The predicted octanol–water partition coefficient (Wildman–Crippen LogP) is 14.6. The van der Waals surface area contributed by atoms with Crippen LogP contribution in [-0.4, -0.2) is 15.0 Å². The van der Waals surface area contributed by atoms with Gasteiger partial charge in [-0.3, -0.25) is 4.98 Å². The van der Waals surface area contributed by atoms with E-state index in [-0.39, 0.29) is 0 Å². The van der Waals surface area contributed by atoms with Crippen LogP contribution in [0.25, 0.3) is 89.4 Å². The summed E-state index contributed by atoms with van der Waals surface area (Å²) in [6.45, 7) is 0. The first-order valence-corrected chi connectivity index (χ1v) is 21.2. The van der Waals surface area contributed by atoms with E-state index in [2.05, 4.69) is 146 Å². The van der Waals surface area contributed by atoms with Crippen LogP contribution in [0.15, 0.2) is 217 Å². The number of hydrogen-bond acceptors (Lipinski definition) is 5. The van der Waals surface area contributed by atoms with Crippen LogP contribution in [0, 0.1) is 0 Å². The van der Waals surface area contributed by atoms with Gasteiger partial charge in [-0.15, -0.1) is 0 Å². The number of benzene rings is 8. The maximum atomic E-state index is 6.80. The minimum Gasteiger partial charge on any atom is -0.457 e. The molecule has 0 fully saturated rings. The molecule has 0 saturated carbocycles. The average molecular weight is 806 g/mol. The smallest absolute Gasteiger partial charge is 0.160 e. The van der Waals surface area contributed by atoms with Crippen LogP contribution in [0.4, 0.5) is 0 Å². The van der Waals surface area contributed by atoms with Crippen LogP contribution in [0.5, 0.6) is 11.5 Å². The third-order valence-corrected chi connectivity index (χ3v) is 12.9. The van der Waals surface area contributed by atoms with Gasteiger partial charge in [0.2, 0.25) is 0 Å². The maximum Gasteiger partial charge on any atom is 0.160 e. The SMILES string of the molecule is c1ccc(-c2nc(-c3ccc(-c4ccc5c(c4)Oc4ccccc4C54c5ccccc5-c5ccccc54)cc3)cc(-c3ccc(-c4cccc5c4oc4ccccc45)cn3)n2)cc1. The Kier molecular flexibility index (Phi) is 7.75. The summed E-state index contributed by atoms with van der Waals surface area (Å²) in [7, 11) is 0. The number of pyridine rings is 1. The molecule has 1 spiro atoms. The number of nitrogens with zero attached hydrogens (tertiary/aromatic N) is 3. The first-order valence-electron chi connectivity index (χ1n) is 21.2. The minimum absolute atomic E-state index is 0.487. The highest BCUT2D eigenvalue weighted by Gasteiger charge is 2.50. The van der Waals surface area contributed by atoms with E-state index in [9.17, 15) is 0 Å². The molecule has 1 aliphatic heterocycles. The largest absolute Gasteiger partial charge is 0.457 e. The molecule has 1 aliphatic carbocycles. The second-order valence-corrected chi connectivity index (χ2v) is 16.3. The monoisotopic (exact) mass is 805 g/mol. The average Bonchev–Trinajstić information content (AvgIpc) is 3.88. The van der Waals surface area contributed by atoms with Gasteiger partial charge in [0.25, 0.3) is 0 Å². The second-order valence-electron chi connectivity index (χ2n) is 16.3. The van der Waals surface area contributed by atoms with Crippen molar-refractivity contribution in [3.05, 3.63) is 235 Å². The fraction of sp³-hybridized carbons (Fsp3) is 0.0172. The van der Waals surface area contributed by atoms with Crippen molar-refractivity contribution in [3.8, 4) is 78.9 Å². The highest BCUT2D eigenvalue weighted by molar-refractivity contribution is 6.09. The molecule has 63 heavy (non-hydrogen) atoms.